The number of rotatable bonds is 7. The maximum atomic E-state index is 12.6. The van der Waals surface area contributed by atoms with E-state index in [-0.39, 0.29) is 23.3 Å². The molecule has 188 valence electrons. The van der Waals surface area contributed by atoms with Crippen LogP contribution in [-0.4, -0.2) is 39.3 Å². The first-order chi connectivity index (χ1) is 17.4. The van der Waals surface area contributed by atoms with Gasteiger partial charge in [-0.2, -0.15) is 0 Å². The lowest BCUT2D eigenvalue weighted by Gasteiger charge is -2.34. The lowest BCUT2D eigenvalue weighted by atomic mass is 9.94. The second-order valence-electron chi connectivity index (χ2n) is 9.85. The number of aromatic nitrogens is 3. The molecule has 8 nitrogen and oxygen atoms in total. The molecule has 1 amide bonds. The summed E-state index contributed by atoms with van der Waals surface area (Å²) in [6.45, 7) is 9.20. The zero-order chi connectivity index (χ0) is 25.3. The van der Waals surface area contributed by atoms with Gasteiger partial charge in [-0.1, -0.05) is 54.3 Å². The molecular formula is C28H33N5O3. The van der Waals surface area contributed by atoms with Gasteiger partial charge < -0.3 is 14.7 Å². The highest BCUT2D eigenvalue weighted by Gasteiger charge is 2.47. The highest BCUT2D eigenvalue weighted by atomic mass is 16.6. The number of nitrogens with one attached hydrogen (secondary N) is 1. The number of ether oxygens (including phenoxy) is 1. The zero-order valence-electron chi connectivity index (χ0n) is 20.9. The van der Waals surface area contributed by atoms with Crippen LogP contribution in [0, 0.1) is 6.92 Å². The Hall–Kier alpha value is -3.81. The highest BCUT2D eigenvalue weighted by molar-refractivity contribution is 5.84. The van der Waals surface area contributed by atoms with Crippen LogP contribution in [0.3, 0.4) is 0 Å². The number of aryl methyl sites for hydroxylation is 1. The molecule has 8 heteroatoms. The van der Waals surface area contributed by atoms with Crippen LogP contribution in [0.15, 0.2) is 66.9 Å². The van der Waals surface area contributed by atoms with Crippen molar-refractivity contribution < 1.29 is 14.6 Å². The molecule has 1 aromatic heterocycles. The van der Waals surface area contributed by atoms with E-state index in [0.717, 1.165) is 49.9 Å². The number of carbonyl (C=O) groups excluding carboxylic acids is 1. The summed E-state index contributed by atoms with van der Waals surface area (Å²) in [7, 11) is 0. The number of aliphatic hydroxyl groups is 1. The topological polar surface area (TPSA) is 92.5 Å². The van der Waals surface area contributed by atoms with E-state index in [1.807, 2.05) is 48.9 Å². The molecule has 2 N–H and O–H groups in total. The van der Waals surface area contributed by atoms with Gasteiger partial charge in [0.1, 0.15) is 11.8 Å². The molecule has 2 heterocycles. The molecule has 1 aliphatic carbocycles. The Morgan fingerprint density at radius 3 is 2.42 bits per heavy atom. The van der Waals surface area contributed by atoms with Gasteiger partial charge in [0, 0.05) is 18.8 Å². The number of piperidine rings is 1. The summed E-state index contributed by atoms with van der Waals surface area (Å²) in [4.78, 5) is 15.0. The number of benzene rings is 2. The van der Waals surface area contributed by atoms with Crippen molar-refractivity contribution in [3.63, 3.8) is 0 Å². The Morgan fingerprint density at radius 2 is 1.81 bits per heavy atom. The minimum atomic E-state index is -0.519. The summed E-state index contributed by atoms with van der Waals surface area (Å²) in [5, 5.41) is 21.4. The van der Waals surface area contributed by atoms with E-state index >= 15 is 0 Å². The quantitative estimate of drug-likeness (QED) is 0.407. The van der Waals surface area contributed by atoms with E-state index in [1.165, 1.54) is 5.69 Å². The third-order valence-electron chi connectivity index (χ3n) is 7.53. The molecule has 2 aromatic carbocycles. The van der Waals surface area contributed by atoms with Gasteiger partial charge in [-0.3, -0.25) is 5.32 Å². The van der Waals surface area contributed by atoms with Crippen LogP contribution in [-0.2, 0) is 10.2 Å². The van der Waals surface area contributed by atoms with Crippen LogP contribution in [0.5, 0.6) is 0 Å². The molecule has 2 aliphatic rings. The maximum absolute atomic E-state index is 12.6. The molecule has 2 fully saturated rings. The number of carbonyl (C=O) groups is 1. The Bertz CT molecular complexity index is 1230. The normalized spacial score (nSPS) is 17.9. The van der Waals surface area contributed by atoms with Crippen molar-refractivity contribution in [2.24, 2.45) is 0 Å². The molecule has 0 bridgehead atoms. The second-order valence-corrected chi connectivity index (χ2v) is 9.85. The fourth-order valence-electron chi connectivity index (χ4n) is 5.08. The summed E-state index contributed by atoms with van der Waals surface area (Å²) in [5.74, 6) is 0.851. The van der Waals surface area contributed by atoms with Crippen LogP contribution >= 0.6 is 0 Å². The number of allylic oxidation sites excluding steroid dienone is 1. The van der Waals surface area contributed by atoms with Gasteiger partial charge in [-0.05, 0) is 62.8 Å². The van der Waals surface area contributed by atoms with Crippen LogP contribution in [0.25, 0.3) is 0 Å². The third-order valence-corrected chi connectivity index (χ3v) is 7.53. The first-order valence-corrected chi connectivity index (χ1v) is 12.6. The molecule has 1 saturated carbocycles. The largest absolute Gasteiger partial charge is 0.512 e. The number of hydrogen-bond donors (Lipinski definition) is 2. The average molecular weight is 488 g/mol. The summed E-state index contributed by atoms with van der Waals surface area (Å²) < 4.78 is 7.41. The van der Waals surface area contributed by atoms with Crippen LogP contribution < -0.4 is 10.2 Å². The molecule has 0 spiro atoms. The first kappa shape index (κ1) is 23.9. The minimum Gasteiger partial charge on any atom is -0.512 e. The summed E-state index contributed by atoms with van der Waals surface area (Å²) in [6.07, 6.45) is 2.79. The number of anilines is 2. The number of aliphatic hydroxyl groups excluding tert-OH is 1. The standard InChI is InChI=1S/C28H33N5O3/c1-19-26(29-27(35)36-20(2)22-7-5-4-6-8-22)33(31-30-19)25-13-17-32(18-14-25)24-11-9-23(10-12-24)28(15-16-28)21(3)34/h4-12,20,25,34H,3,13-18H2,1-2H3,(H,29,35)/t20-/m1/s1. The van der Waals surface area contributed by atoms with Gasteiger partial charge in [-0.25, -0.2) is 9.48 Å². The first-order valence-electron chi connectivity index (χ1n) is 12.6. The molecule has 0 radical (unpaired) electrons. The molecule has 3 aromatic rings. The van der Waals surface area contributed by atoms with Gasteiger partial charge in [0.25, 0.3) is 0 Å². The SMILES string of the molecule is C=C(O)C1(c2ccc(N3CCC(n4nnc(C)c4NC(=O)O[C@H](C)c4ccccc4)CC3)cc2)CC1. The summed E-state index contributed by atoms with van der Waals surface area (Å²) >= 11 is 0. The van der Waals surface area contributed by atoms with Crippen LogP contribution in [0.1, 0.15) is 61.6 Å². The Morgan fingerprint density at radius 1 is 1.14 bits per heavy atom. The van der Waals surface area contributed by atoms with E-state index in [4.69, 9.17) is 4.74 Å². The van der Waals surface area contributed by atoms with Gasteiger partial charge in [0.2, 0.25) is 0 Å². The van der Waals surface area contributed by atoms with Gasteiger partial charge >= 0.3 is 6.09 Å². The van der Waals surface area contributed by atoms with Crippen LogP contribution in [0.4, 0.5) is 16.3 Å². The van der Waals surface area contributed by atoms with E-state index in [9.17, 15) is 9.90 Å². The third kappa shape index (κ3) is 4.67. The monoisotopic (exact) mass is 487 g/mol. The van der Waals surface area contributed by atoms with E-state index in [0.29, 0.717) is 11.5 Å². The molecule has 36 heavy (non-hydrogen) atoms. The summed E-state index contributed by atoms with van der Waals surface area (Å²) in [6, 6.07) is 18.3. The highest BCUT2D eigenvalue weighted by Crippen LogP contribution is 2.52. The van der Waals surface area contributed by atoms with E-state index in [1.54, 1.807) is 0 Å². The number of amides is 1. The van der Waals surface area contributed by atoms with Crippen molar-refractivity contribution in [1.29, 1.82) is 0 Å². The lowest BCUT2D eigenvalue weighted by molar-refractivity contribution is 0.121. The molecule has 0 unspecified atom stereocenters. The van der Waals surface area contributed by atoms with Crippen LogP contribution in [0.2, 0.25) is 0 Å². The number of nitrogens with zero attached hydrogens (tertiary/aromatic N) is 4. The van der Waals surface area contributed by atoms with Gasteiger partial charge in [0.05, 0.1) is 17.2 Å². The predicted octanol–water partition coefficient (Wildman–Crippen LogP) is 5.84. The lowest BCUT2D eigenvalue weighted by Crippen LogP contribution is -2.35. The maximum Gasteiger partial charge on any atom is 0.413 e. The molecular weight excluding hydrogens is 454 g/mol. The second kappa shape index (κ2) is 9.68. The predicted molar refractivity (Wildman–Crippen MR) is 139 cm³/mol. The van der Waals surface area contributed by atoms with Crippen molar-refractivity contribution >= 4 is 17.6 Å². The minimum absolute atomic E-state index is 0.135. The molecule has 5 rings (SSSR count). The Kier molecular flexibility index (Phi) is 6.43. The van der Waals surface area contributed by atoms with Crippen molar-refractivity contribution in [3.8, 4) is 0 Å². The van der Waals surface area contributed by atoms with Crippen molar-refractivity contribution in [2.45, 2.75) is 57.1 Å². The zero-order valence-corrected chi connectivity index (χ0v) is 20.9. The molecule has 1 aliphatic heterocycles. The van der Waals surface area contributed by atoms with Gasteiger partial charge in [-0.15, -0.1) is 5.10 Å². The fraction of sp³-hybridized carbons (Fsp3) is 0.393. The Balaban J connectivity index is 1.20. The van der Waals surface area contributed by atoms with E-state index < -0.39 is 6.09 Å². The fourth-order valence-corrected chi connectivity index (χ4v) is 5.08. The molecule has 1 saturated heterocycles. The van der Waals surface area contributed by atoms with Gasteiger partial charge in [0.15, 0.2) is 5.82 Å². The van der Waals surface area contributed by atoms with Crippen molar-refractivity contribution in [1.82, 2.24) is 15.0 Å². The van der Waals surface area contributed by atoms with Crippen molar-refractivity contribution in [3.05, 3.63) is 83.8 Å². The molecule has 1 atom stereocenters. The summed E-state index contributed by atoms with van der Waals surface area (Å²) in [5.41, 5.74) is 3.67. The Labute approximate surface area is 211 Å². The number of hydrogen-bond acceptors (Lipinski definition) is 6. The van der Waals surface area contributed by atoms with E-state index in [2.05, 4.69) is 51.4 Å². The average Bonchev–Trinajstić information content (AvgIpc) is 3.64. The van der Waals surface area contributed by atoms with Crippen molar-refractivity contribution in [2.75, 3.05) is 23.3 Å². The smallest absolute Gasteiger partial charge is 0.413 e.